The van der Waals surface area contributed by atoms with Gasteiger partial charge >= 0.3 is 13.8 Å². The normalized spacial score (nSPS) is 14.5. The van der Waals surface area contributed by atoms with Crippen LogP contribution in [-0.2, 0) is 27.9 Å². The van der Waals surface area contributed by atoms with Crippen LogP contribution in [0.1, 0.15) is 200 Å². The van der Waals surface area contributed by atoms with Crippen molar-refractivity contribution >= 4 is 13.8 Å². The number of ether oxygens (including phenoxy) is 2. The molecule has 0 aromatic rings. The second-order valence-corrected chi connectivity index (χ2v) is 17.6. The van der Waals surface area contributed by atoms with Gasteiger partial charge in [0.05, 0.1) is 26.4 Å². The number of rotatable bonds is 46. The third-order valence-electron chi connectivity index (χ3n) is 10.2. The van der Waals surface area contributed by atoms with Gasteiger partial charge in [0.15, 0.2) is 0 Å². The molecule has 0 aliphatic rings. The maximum absolute atomic E-state index is 12.6. The fourth-order valence-corrected chi connectivity index (χ4v) is 7.29. The maximum Gasteiger partial charge on any atom is 0.472 e. The van der Waals surface area contributed by atoms with Gasteiger partial charge in [-0.1, -0.05) is 215 Å². The Labute approximate surface area is 373 Å². The van der Waals surface area contributed by atoms with E-state index in [1.54, 1.807) is 0 Å². The van der Waals surface area contributed by atoms with E-state index in [0.717, 1.165) is 57.8 Å². The van der Waals surface area contributed by atoms with Crippen LogP contribution in [-0.4, -0.2) is 66.3 Å². The molecule has 0 saturated carbocycles. The van der Waals surface area contributed by atoms with Gasteiger partial charge in [-0.05, 0) is 51.4 Å². The predicted molar refractivity (Wildman–Crippen MR) is 256 cm³/mol. The Morgan fingerprint density at radius 3 is 1.31 bits per heavy atom. The van der Waals surface area contributed by atoms with Gasteiger partial charge in [-0.2, -0.15) is 0 Å². The van der Waals surface area contributed by atoms with E-state index in [9.17, 15) is 19.4 Å². The molecule has 0 saturated heterocycles. The lowest BCUT2D eigenvalue weighted by Gasteiger charge is -2.20. The number of phosphoric ester groups is 1. The van der Waals surface area contributed by atoms with Crippen LogP contribution in [0.4, 0.5) is 0 Å². The van der Waals surface area contributed by atoms with Crippen molar-refractivity contribution in [2.45, 2.75) is 212 Å². The van der Waals surface area contributed by atoms with Crippen molar-refractivity contribution in [3.63, 3.8) is 0 Å². The molecule has 0 fully saturated rings. The maximum atomic E-state index is 12.6. The molecular weight excluding hydrogens is 788 g/mol. The van der Waals surface area contributed by atoms with E-state index in [4.69, 9.17) is 23.6 Å². The third kappa shape index (κ3) is 47.2. The van der Waals surface area contributed by atoms with Crippen LogP contribution in [0.2, 0.25) is 0 Å². The predicted octanol–water partition coefficient (Wildman–Crippen LogP) is 14.1. The monoisotopic (exact) mass is 879 g/mol. The fourth-order valence-electron chi connectivity index (χ4n) is 6.50. The second-order valence-electron chi connectivity index (χ2n) is 16.1. The molecule has 0 aliphatic heterocycles. The van der Waals surface area contributed by atoms with E-state index in [-0.39, 0.29) is 13.0 Å². The van der Waals surface area contributed by atoms with Gasteiger partial charge in [0.2, 0.25) is 0 Å². The summed E-state index contributed by atoms with van der Waals surface area (Å²) in [5.74, 6) is -0.463. The van der Waals surface area contributed by atoms with Crippen LogP contribution < -0.4 is 0 Å². The van der Waals surface area contributed by atoms with Gasteiger partial charge < -0.3 is 24.6 Å². The number of hydrogen-bond donors (Lipinski definition) is 3. The molecule has 3 unspecified atom stereocenters. The Kier molecular flexibility index (Phi) is 45.7. The molecule has 0 aliphatic carbocycles. The molecule has 0 aromatic heterocycles. The fraction of sp³-hybridized carbons (Fsp3) is 0.745. The molecule has 9 nitrogen and oxygen atoms in total. The summed E-state index contributed by atoms with van der Waals surface area (Å²) < 4.78 is 33.4. The first kappa shape index (κ1) is 58.9. The van der Waals surface area contributed by atoms with E-state index in [2.05, 4.69) is 74.6 Å². The molecule has 3 atom stereocenters. The van der Waals surface area contributed by atoms with Crippen LogP contribution >= 0.6 is 7.82 Å². The lowest BCUT2D eigenvalue weighted by Crippen LogP contribution is -2.29. The van der Waals surface area contributed by atoms with Gasteiger partial charge in [-0.3, -0.25) is 13.8 Å². The van der Waals surface area contributed by atoms with Gasteiger partial charge in [0.1, 0.15) is 12.2 Å². The highest BCUT2D eigenvalue weighted by atomic mass is 31.2. The van der Waals surface area contributed by atoms with Crippen molar-refractivity contribution in [1.82, 2.24) is 0 Å². The molecule has 0 heterocycles. The lowest BCUT2D eigenvalue weighted by molar-refractivity contribution is -0.154. The topological polar surface area (TPSA) is 132 Å². The van der Waals surface area contributed by atoms with Gasteiger partial charge in [-0.25, -0.2) is 4.57 Å². The summed E-state index contributed by atoms with van der Waals surface area (Å²) >= 11 is 0. The minimum Gasteiger partial charge on any atom is -0.457 e. The minimum absolute atomic E-state index is 0.0180. The first-order chi connectivity index (χ1) is 29.8. The molecule has 0 aromatic carbocycles. The number of carbonyl (C=O) groups excluding carboxylic acids is 1. The summed E-state index contributed by atoms with van der Waals surface area (Å²) in [6, 6.07) is 0. The zero-order valence-electron chi connectivity index (χ0n) is 38.9. The zero-order valence-corrected chi connectivity index (χ0v) is 39.8. The van der Waals surface area contributed by atoms with Crippen LogP contribution in [0, 0.1) is 0 Å². The zero-order chi connectivity index (χ0) is 44.6. The largest absolute Gasteiger partial charge is 0.472 e. The van der Waals surface area contributed by atoms with Gasteiger partial charge in [0, 0.05) is 13.0 Å². The van der Waals surface area contributed by atoms with E-state index in [1.807, 2.05) is 12.2 Å². The van der Waals surface area contributed by atoms with Crippen LogP contribution in [0.25, 0.3) is 0 Å². The van der Waals surface area contributed by atoms with Gasteiger partial charge in [-0.15, -0.1) is 0 Å². The Morgan fingerprint density at radius 2 is 0.902 bits per heavy atom. The van der Waals surface area contributed by atoms with E-state index >= 15 is 0 Å². The number of aliphatic hydroxyl groups is 2. The van der Waals surface area contributed by atoms with Crippen LogP contribution in [0.15, 0.2) is 72.9 Å². The van der Waals surface area contributed by atoms with Crippen LogP contribution in [0.3, 0.4) is 0 Å². The smallest absolute Gasteiger partial charge is 0.457 e. The van der Waals surface area contributed by atoms with Gasteiger partial charge in [0.25, 0.3) is 0 Å². The Morgan fingerprint density at radius 1 is 0.525 bits per heavy atom. The molecule has 0 spiro atoms. The highest BCUT2D eigenvalue weighted by Gasteiger charge is 2.26. The SMILES string of the molecule is CC/C=C\C/C=C\C/C=C\C/C=C\C/C=C\C/C=C\CCC(=O)OC(COCCCCCCCCCCCCCCCCCCCCCCC)COP(=O)(O)OCC(O)CO. The summed E-state index contributed by atoms with van der Waals surface area (Å²) in [4.78, 5) is 22.6. The summed E-state index contributed by atoms with van der Waals surface area (Å²) in [5.41, 5.74) is 0. The Bertz CT molecular complexity index is 1180. The number of aliphatic hydroxyl groups excluding tert-OH is 2. The van der Waals surface area contributed by atoms with Crippen molar-refractivity contribution < 1.29 is 43.0 Å². The highest BCUT2D eigenvalue weighted by Crippen LogP contribution is 2.43. The number of hydrogen-bond acceptors (Lipinski definition) is 8. The van der Waals surface area contributed by atoms with Crippen molar-refractivity contribution in [2.24, 2.45) is 0 Å². The average molecular weight is 879 g/mol. The summed E-state index contributed by atoms with van der Waals surface area (Å²) in [5, 5.41) is 18.4. The van der Waals surface area contributed by atoms with Crippen molar-refractivity contribution in [3.05, 3.63) is 72.9 Å². The summed E-state index contributed by atoms with van der Waals surface area (Å²) in [7, 11) is -4.54. The average Bonchev–Trinajstić information content (AvgIpc) is 3.25. The second kappa shape index (κ2) is 47.4. The van der Waals surface area contributed by atoms with Crippen molar-refractivity contribution in [1.29, 1.82) is 0 Å². The summed E-state index contributed by atoms with van der Waals surface area (Å²) in [6.07, 6.45) is 57.4. The number of esters is 1. The molecular formula is C51H91O9P. The van der Waals surface area contributed by atoms with E-state index in [0.29, 0.717) is 13.0 Å². The first-order valence-electron chi connectivity index (χ1n) is 24.4. The van der Waals surface area contributed by atoms with Crippen molar-refractivity contribution in [2.75, 3.05) is 33.0 Å². The molecule has 0 rings (SSSR count). The highest BCUT2D eigenvalue weighted by molar-refractivity contribution is 7.47. The van der Waals surface area contributed by atoms with E-state index in [1.165, 1.54) is 116 Å². The first-order valence-corrected chi connectivity index (χ1v) is 25.9. The number of phosphoric acid groups is 1. The van der Waals surface area contributed by atoms with E-state index < -0.39 is 45.8 Å². The Balaban J connectivity index is 4.20. The lowest BCUT2D eigenvalue weighted by atomic mass is 10.0. The number of carbonyl (C=O) groups is 1. The van der Waals surface area contributed by atoms with Crippen molar-refractivity contribution in [3.8, 4) is 0 Å². The number of allylic oxidation sites excluding steroid dienone is 12. The molecule has 0 radical (unpaired) electrons. The molecule has 354 valence electrons. The Hall–Kier alpha value is -2.10. The molecule has 0 bridgehead atoms. The standard InChI is InChI=1S/C51H91O9P/c1-3-5-7-9-11-13-15-17-19-21-23-24-26-28-30-32-34-36-38-40-42-44-57-47-50(48-59-61(55,56)58-46-49(53)45-52)60-51(54)43-41-39-37-35-33-31-29-27-25-22-20-18-16-14-12-10-8-6-4-2/h6,8,12,14,18,20,25,27,31,33,37,39,49-50,52-53H,3-5,7,9-11,13,15-17,19,21-24,26,28-30,32,34-36,38,40-48H2,1-2H3,(H,55,56)/b8-6-,14-12-,20-18-,27-25-,33-31-,39-37-. The third-order valence-corrected chi connectivity index (χ3v) is 11.1. The molecule has 10 heteroatoms. The number of unbranched alkanes of at least 4 members (excludes halogenated alkanes) is 20. The van der Waals surface area contributed by atoms with Crippen LogP contribution in [0.5, 0.6) is 0 Å². The molecule has 3 N–H and O–H groups in total. The minimum atomic E-state index is -4.54. The quantitative estimate of drug-likeness (QED) is 0.0237. The molecule has 0 amide bonds. The summed E-state index contributed by atoms with van der Waals surface area (Å²) in [6.45, 7) is 3.32. The molecule has 61 heavy (non-hydrogen) atoms.